The predicted octanol–water partition coefficient (Wildman–Crippen LogP) is 3.16. The van der Waals surface area contributed by atoms with Gasteiger partial charge in [0, 0.05) is 12.6 Å². The maximum absolute atomic E-state index is 11.1. The summed E-state index contributed by atoms with van der Waals surface area (Å²) in [5.74, 6) is -0.0373. The number of hydrogen-bond donors (Lipinski definition) is 1. The first-order valence-electron chi connectivity index (χ1n) is 7.00. The van der Waals surface area contributed by atoms with Gasteiger partial charge < -0.3 is 5.11 Å². The van der Waals surface area contributed by atoms with Gasteiger partial charge in [0.15, 0.2) is 0 Å². The van der Waals surface area contributed by atoms with Crippen molar-refractivity contribution in [3.8, 4) is 0 Å². The van der Waals surface area contributed by atoms with Crippen molar-refractivity contribution in [1.29, 1.82) is 0 Å². The Balaban J connectivity index is 2.18. The van der Waals surface area contributed by atoms with Gasteiger partial charge in [-0.25, -0.2) is 0 Å². The first kappa shape index (κ1) is 14.1. The van der Waals surface area contributed by atoms with Crippen molar-refractivity contribution in [1.82, 2.24) is 4.90 Å². The van der Waals surface area contributed by atoms with Crippen molar-refractivity contribution < 1.29 is 9.90 Å². The molecule has 0 amide bonds. The van der Waals surface area contributed by atoms with Crippen molar-refractivity contribution in [3.05, 3.63) is 34.9 Å². The molecule has 104 valence electrons. The topological polar surface area (TPSA) is 40.5 Å². The van der Waals surface area contributed by atoms with E-state index < -0.39 is 5.97 Å². The molecule has 0 saturated heterocycles. The van der Waals surface area contributed by atoms with E-state index in [1.807, 2.05) is 0 Å². The van der Waals surface area contributed by atoms with Crippen molar-refractivity contribution in [2.24, 2.45) is 5.92 Å². The Morgan fingerprint density at radius 2 is 2.11 bits per heavy atom. The third kappa shape index (κ3) is 3.80. The zero-order valence-electron chi connectivity index (χ0n) is 12.0. The molecule has 0 aromatic heterocycles. The van der Waals surface area contributed by atoms with Gasteiger partial charge in [0.1, 0.15) is 0 Å². The molecule has 1 aromatic rings. The highest BCUT2D eigenvalue weighted by Crippen LogP contribution is 2.33. The average Bonchev–Trinajstić information content (AvgIpc) is 3.14. The molecular formula is C16H23NO2. The molecule has 0 aliphatic heterocycles. The molecule has 3 nitrogen and oxygen atoms in total. The second kappa shape index (κ2) is 5.74. The maximum atomic E-state index is 11.1. The number of carboxylic acids is 1. The van der Waals surface area contributed by atoms with Crippen LogP contribution in [0.15, 0.2) is 18.2 Å². The molecule has 1 aliphatic rings. The summed E-state index contributed by atoms with van der Waals surface area (Å²) >= 11 is 0. The summed E-state index contributed by atoms with van der Waals surface area (Å²) in [4.78, 5) is 13.2. The van der Waals surface area contributed by atoms with Gasteiger partial charge in [-0.3, -0.25) is 9.69 Å². The number of aryl methyl sites for hydroxylation is 2. The maximum Gasteiger partial charge on any atom is 0.317 e. The van der Waals surface area contributed by atoms with E-state index in [0.29, 0.717) is 5.92 Å². The van der Waals surface area contributed by atoms with Crippen molar-refractivity contribution >= 4 is 5.97 Å². The lowest BCUT2D eigenvalue weighted by molar-refractivity contribution is -0.139. The van der Waals surface area contributed by atoms with Crippen LogP contribution in [0.1, 0.15) is 42.5 Å². The fourth-order valence-electron chi connectivity index (χ4n) is 2.57. The Morgan fingerprint density at radius 1 is 1.42 bits per heavy atom. The summed E-state index contributed by atoms with van der Waals surface area (Å²) in [5, 5.41) is 9.10. The second-order valence-electron chi connectivity index (χ2n) is 5.80. The molecule has 0 bridgehead atoms. The largest absolute Gasteiger partial charge is 0.480 e. The molecule has 1 aromatic carbocycles. The number of benzene rings is 1. The summed E-state index contributed by atoms with van der Waals surface area (Å²) in [5.41, 5.74) is 3.72. The van der Waals surface area contributed by atoms with E-state index in [2.05, 4.69) is 43.9 Å². The highest BCUT2D eigenvalue weighted by molar-refractivity contribution is 5.69. The van der Waals surface area contributed by atoms with E-state index in [-0.39, 0.29) is 12.6 Å². The number of hydrogen-bond acceptors (Lipinski definition) is 2. The number of nitrogens with zero attached hydrogens (tertiary/aromatic N) is 1. The normalized spacial score (nSPS) is 16.6. The van der Waals surface area contributed by atoms with Crippen LogP contribution in [0.2, 0.25) is 0 Å². The average molecular weight is 261 g/mol. The molecule has 1 unspecified atom stereocenters. The Hall–Kier alpha value is -1.35. The van der Waals surface area contributed by atoms with Gasteiger partial charge in [0.25, 0.3) is 0 Å². The molecule has 3 heteroatoms. The molecular weight excluding hydrogens is 238 g/mol. The highest BCUT2D eigenvalue weighted by Gasteiger charge is 2.28. The van der Waals surface area contributed by atoms with Gasteiger partial charge >= 0.3 is 5.97 Å². The van der Waals surface area contributed by atoms with E-state index >= 15 is 0 Å². The minimum atomic E-state index is -0.738. The molecule has 2 rings (SSSR count). The van der Waals surface area contributed by atoms with Crippen LogP contribution < -0.4 is 0 Å². The molecule has 0 radical (unpaired) electrons. The minimum Gasteiger partial charge on any atom is -0.480 e. The molecule has 1 atom stereocenters. The standard InChI is InChI=1S/C16H23NO2/c1-11-4-5-12(2)15(8-11)13(3)17(10-16(18)19)9-14-6-7-14/h4-5,8,13-14H,6-7,9-10H2,1-3H3,(H,18,19). The summed E-state index contributed by atoms with van der Waals surface area (Å²) in [6, 6.07) is 6.57. The van der Waals surface area contributed by atoms with E-state index in [1.54, 1.807) is 0 Å². The third-order valence-corrected chi connectivity index (χ3v) is 3.96. The Kier molecular flexibility index (Phi) is 4.25. The zero-order chi connectivity index (χ0) is 14.0. The lowest BCUT2D eigenvalue weighted by Gasteiger charge is -2.29. The summed E-state index contributed by atoms with van der Waals surface area (Å²) in [6.45, 7) is 7.33. The number of carbonyl (C=O) groups is 1. The Morgan fingerprint density at radius 3 is 2.68 bits per heavy atom. The minimum absolute atomic E-state index is 0.130. The van der Waals surface area contributed by atoms with Gasteiger partial charge in [0.05, 0.1) is 6.54 Å². The van der Waals surface area contributed by atoms with Gasteiger partial charge in [-0.1, -0.05) is 23.8 Å². The number of aliphatic carboxylic acids is 1. The quantitative estimate of drug-likeness (QED) is 0.855. The van der Waals surface area contributed by atoms with Crippen LogP contribution in [0.5, 0.6) is 0 Å². The van der Waals surface area contributed by atoms with Crippen molar-refractivity contribution in [2.45, 2.75) is 39.7 Å². The highest BCUT2D eigenvalue weighted by atomic mass is 16.4. The summed E-state index contributed by atoms with van der Waals surface area (Å²) in [7, 11) is 0. The van der Waals surface area contributed by atoms with E-state index in [4.69, 9.17) is 5.11 Å². The first-order valence-corrected chi connectivity index (χ1v) is 7.00. The lowest BCUT2D eigenvalue weighted by Crippen LogP contribution is -2.34. The predicted molar refractivity (Wildman–Crippen MR) is 76.3 cm³/mol. The number of carboxylic acid groups (broad SMARTS) is 1. The van der Waals surface area contributed by atoms with E-state index in [1.165, 1.54) is 29.5 Å². The van der Waals surface area contributed by atoms with Crippen LogP contribution in [-0.4, -0.2) is 29.1 Å². The Bertz CT molecular complexity index is 466. The zero-order valence-corrected chi connectivity index (χ0v) is 12.0. The first-order chi connectivity index (χ1) is 8.97. The molecule has 0 heterocycles. The van der Waals surface area contributed by atoms with Crippen molar-refractivity contribution in [3.63, 3.8) is 0 Å². The van der Waals surface area contributed by atoms with Gasteiger partial charge in [0.2, 0.25) is 0 Å². The summed E-state index contributed by atoms with van der Waals surface area (Å²) < 4.78 is 0. The molecule has 19 heavy (non-hydrogen) atoms. The molecule has 0 spiro atoms. The Labute approximate surface area is 115 Å². The van der Waals surface area contributed by atoms with Crippen LogP contribution in [0.3, 0.4) is 0 Å². The second-order valence-corrected chi connectivity index (χ2v) is 5.80. The van der Waals surface area contributed by atoms with Crippen LogP contribution >= 0.6 is 0 Å². The summed E-state index contributed by atoms with van der Waals surface area (Å²) in [6.07, 6.45) is 2.49. The van der Waals surface area contributed by atoms with Crippen LogP contribution in [0.25, 0.3) is 0 Å². The molecule has 1 fully saturated rings. The van der Waals surface area contributed by atoms with Gasteiger partial charge in [-0.2, -0.15) is 0 Å². The van der Waals surface area contributed by atoms with Crippen LogP contribution in [0, 0.1) is 19.8 Å². The van der Waals surface area contributed by atoms with Gasteiger partial charge in [-0.15, -0.1) is 0 Å². The SMILES string of the molecule is Cc1ccc(C)c(C(C)N(CC(=O)O)CC2CC2)c1. The lowest BCUT2D eigenvalue weighted by atomic mass is 9.98. The monoisotopic (exact) mass is 261 g/mol. The third-order valence-electron chi connectivity index (χ3n) is 3.96. The van der Waals surface area contributed by atoms with Gasteiger partial charge in [-0.05, 0) is 50.7 Å². The van der Waals surface area contributed by atoms with E-state index in [9.17, 15) is 4.79 Å². The van der Waals surface area contributed by atoms with E-state index in [0.717, 1.165) is 6.54 Å². The van der Waals surface area contributed by atoms with Crippen LogP contribution in [0.4, 0.5) is 0 Å². The van der Waals surface area contributed by atoms with Crippen molar-refractivity contribution in [2.75, 3.05) is 13.1 Å². The molecule has 1 aliphatic carbocycles. The fraction of sp³-hybridized carbons (Fsp3) is 0.562. The fourth-order valence-corrected chi connectivity index (χ4v) is 2.57. The molecule has 1 N–H and O–H groups in total. The molecule has 1 saturated carbocycles. The van der Waals surface area contributed by atoms with Crippen LogP contribution in [-0.2, 0) is 4.79 Å². The smallest absolute Gasteiger partial charge is 0.317 e. The number of rotatable bonds is 6.